The summed E-state index contributed by atoms with van der Waals surface area (Å²) in [5, 5.41) is 0. The number of hydrogen-bond acceptors (Lipinski definition) is 2. The number of likely N-dealkylation sites (tertiary alicyclic amines) is 1. The fourth-order valence-electron chi connectivity index (χ4n) is 3.17. The van der Waals surface area contributed by atoms with Crippen LogP contribution < -0.4 is 5.73 Å². The van der Waals surface area contributed by atoms with E-state index >= 15 is 0 Å². The molecule has 4 nitrogen and oxygen atoms in total. The third-order valence-electron chi connectivity index (χ3n) is 4.28. The van der Waals surface area contributed by atoms with E-state index in [9.17, 15) is 4.79 Å². The number of amides is 1. The van der Waals surface area contributed by atoms with Crippen molar-refractivity contribution in [1.29, 1.82) is 0 Å². The van der Waals surface area contributed by atoms with E-state index in [-0.39, 0.29) is 11.9 Å². The largest absolute Gasteiger partial charge is 0.349 e. The van der Waals surface area contributed by atoms with Crippen molar-refractivity contribution in [3.63, 3.8) is 0 Å². The molecule has 1 saturated heterocycles. The fraction of sp³-hybridized carbons (Fsp3) is 0.667. The van der Waals surface area contributed by atoms with E-state index in [1.165, 1.54) is 6.42 Å². The average Bonchev–Trinajstić information content (AvgIpc) is 2.72. The molecule has 1 amide bonds. The van der Waals surface area contributed by atoms with Crippen molar-refractivity contribution in [1.82, 2.24) is 9.47 Å². The Morgan fingerprint density at radius 3 is 2.74 bits per heavy atom. The van der Waals surface area contributed by atoms with Gasteiger partial charge in [0.05, 0.1) is 5.56 Å². The molecule has 0 unspecified atom stereocenters. The van der Waals surface area contributed by atoms with E-state index in [0.29, 0.717) is 6.54 Å². The molecule has 1 aromatic heterocycles. The van der Waals surface area contributed by atoms with Gasteiger partial charge in [-0.1, -0.05) is 0 Å². The van der Waals surface area contributed by atoms with Gasteiger partial charge in [0.2, 0.25) is 0 Å². The number of piperidine rings is 1. The second-order valence-electron chi connectivity index (χ2n) is 5.41. The molecule has 1 aliphatic heterocycles. The molecule has 0 aliphatic carbocycles. The smallest absolute Gasteiger partial charge is 0.255 e. The summed E-state index contributed by atoms with van der Waals surface area (Å²) in [6.45, 7) is 8.52. The molecule has 2 heterocycles. The van der Waals surface area contributed by atoms with E-state index in [1.807, 2.05) is 17.9 Å². The number of aryl methyl sites for hydroxylation is 1. The van der Waals surface area contributed by atoms with Crippen LogP contribution in [0.4, 0.5) is 0 Å². The summed E-state index contributed by atoms with van der Waals surface area (Å²) < 4.78 is 2.19. The Bertz CT molecular complexity index is 464. The summed E-state index contributed by atoms with van der Waals surface area (Å²) in [7, 11) is 0. The number of carbonyl (C=O) groups excluding carboxylic acids is 1. The number of nitrogens with zero attached hydrogens (tertiary/aromatic N) is 2. The lowest BCUT2D eigenvalue weighted by atomic mass is 10.0. The standard InChI is InChI=1S/C15H25N3O/c1-4-17-11(2)9-14(12(17)3)15(19)18-8-6-5-7-13(18)10-16/h9,13H,4-8,10,16H2,1-3H3/t13-/m0/s1. The maximum atomic E-state index is 12.7. The lowest BCUT2D eigenvalue weighted by Crippen LogP contribution is -2.47. The first kappa shape index (κ1) is 14.1. The molecule has 0 spiro atoms. The zero-order valence-electron chi connectivity index (χ0n) is 12.3. The van der Waals surface area contributed by atoms with Crippen molar-refractivity contribution in [2.75, 3.05) is 13.1 Å². The van der Waals surface area contributed by atoms with E-state index in [0.717, 1.165) is 42.9 Å². The molecule has 0 bridgehead atoms. The molecular weight excluding hydrogens is 238 g/mol. The minimum atomic E-state index is 0.156. The Hall–Kier alpha value is -1.29. The number of rotatable bonds is 3. The van der Waals surface area contributed by atoms with Crippen LogP contribution in [-0.2, 0) is 6.54 Å². The van der Waals surface area contributed by atoms with Crippen LogP contribution in [0.5, 0.6) is 0 Å². The summed E-state index contributed by atoms with van der Waals surface area (Å²) in [6, 6.07) is 2.23. The highest BCUT2D eigenvalue weighted by atomic mass is 16.2. The first-order chi connectivity index (χ1) is 9.10. The minimum Gasteiger partial charge on any atom is -0.349 e. The third-order valence-corrected chi connectivity index (χ3v) is 4.28. The molecule has 2 rings (SSSR count). The maximum Gasteiger partial charge on any atom is 0.255 e. The van der Waals surface area contributed by atoms with Crippen molar-refractivity contribution < 1.29 is 4.79 Å². The molecule has 19 heavy (non-hydrogen) atoms. The van der Waals surface area contributed by atoms with E-state index < -0.39 is 0 Å². The Morgan fingerprint density at radius 1 is 1.42 bits per heavy atom. The molecule has 0 saturated carbocycles. The number of aromatic nitrogens is 1. The minimum absolute atomic E-state index is 0.156. The molecule has 1 fully saturated rings. The van der Waals surface area contributed by atoms with Crippen molar-refractivity contribution in [3.8, 4) is 0 Å². The monoisotopic (exact) mass is 263 g/mol. The van der Waals surface area contributed by atoms with Gasteiger partial charge in [0, 0.05) is 37.1 Å². The molecule has 4 heteroatoms. The summed E-state index contributed by atoms with van der Waals surface area (Å²) in [5.74, 6) is 0.156. The summed E-state index contributed by atoms with van der Waals surface area (Å²) in [4.78, 5) is 14.7. The van der Waals surface area contributed by atoms with Gasteiger partial charge in [0.25, 0.3) is 5.91 Å². The van der Waals surface area contributed by atoms with Gasteiger partial charge in [0.1, 0.15) is 0 Å². The maximum absolute atomic E-state index is 12.7. The van der Waals surface area contributed by atoms with E-state index in [2.05, 4.69) is 18.4 Å². The Balaban J connectivity index is 2.28. The first-order valence-corrected chi connectivity index (χ1v) is 7.27. The van der Waals surface area contributed by atoms with E-state index in [1.54, 1.807) is 0 Å². The van der Waals surface area contributed by atoms with Crippen molar-refractivity contribution in [2.24, 2.45) is 5.73 Å². The van der Waals surface area contributed by atoms with E-state index in [4.69, 9.17) is 5.73 Å². The normalized spacial score (nSPS) is 19.8. The third kappa shape index (κ3) is 2.54. The van der Waals surface area contributed by atoms with Gasteiger partial charge in [-0.2, -0.15) is 0 Å². The van der Waals surface area contributed by atoms with Crippen molar-refractivity contribution >= 4 is 5.91 Å². The van der Waals surface area contributed by atoms with Crippen LogP contribution in [0, 0.1) is 13.8 Å². The van der Waals surface area contributed by atoms with Gasteiger partial charge in [0.15, 0.2) is 0 Å². The first-order valence-electron chi connectivity index (χ1n) is 7.27. The zero-order valence-corrected chi connectivity index (χ0v) is 12.3. The second kappa shape index (κ2) is 5.78. The van der Waals surface area contributed by atoms with Gasteiger partial charge in [-0.15, -0.1) is 0 Å². The van der Waals surface area contributed by atoms with Crippen LogP contribution in [0.3, 0.4) is 0 Å². The Kier molecular flexibility index (Phi) is 4.30. The summed E-state index contributed by atoms with van der Waals surface area (Å²) in [6.07, 6.45) is 3.31. The average molecular weight is 263 g/mol. The second-order valence-corrected chi connectivity index (χ2v) is 5.41. The highest BCUT2D eigenvalue weighted by Crippen LogP contribution is 2.22. The predicted molar refractivity (Wildman–Crippen MR) is 77.3 cm³/mol. The van der Waals surface area contributed by atoms with Crippen molar-refractivity contribution in [3.05, 3.63) is 23.0 Å². The summed E-state index contributed by atoms with van der Waals surface area (Å²) >= 11 is 0. The lowest BCUT2D eigenvalue weighted by molar-refractivity contribution is 0.0622. The molecule has 1 aromatic rings. The summed E-state index contributed by atoms with van der Waals surface area (Å²) in [5.41, 5.74) is 8.89. The van der Waals surface area contributed by atoms with Crippen LogP contribution in [-0.4, -0.2) is 34.5 Å². The predicted octanol–water partition coefficient (Wildman–Crippen LogP) is 2.08. The van der Waals surface area contributed by atoms with Crippen molar-refractivity contribution in [2.45, 2.75) is 52.6 Å². The van der Waals surface area contributed by atoms with Crippen LogP contribution in [0.1, 0.15) is 47.9 Å². The SMILES string of the molecule is CCn1c(C)cc(C(=O)N2CCCC[C@H]2CN)c1C. The molecule has 1 atom stereocenters. The molecule has 1 aliphatic rings. The number of hydrogen-bond donors (Lipinski definition) is 1. The molecule has 2 N–H and O–H groups in total. The van der Waals surface area contributed by atoms with Crippen LogP contribution in [0.2, 0.25) is 0 Å². The van der Waals surface area contributed by atoms with Gasteiger partial charge in [-0.3, -0.25) is 4.79 Å². The topological polar surface area (TPSA) is 51.3 Å². The molecule has 0 radical (unpaired) electrons. The van der Waals surface area contributed by atoms with Crippen LogP contribution >= 0.6 is 0 Å². The quantitative estimate of drug-likeness (QED) is 0.907. The highest BCUT2D eigenvalue weighted by molar-refractivity contribution is 5.96. The van der Waals surface area contributed by atoms with Gasteiger partial charge in [-0.25, -0.2) is 0 Å². The fourth-order valence-corrected chi connectivity index (χ4v) is 3.17. The zero-order chi connectivity index (χ0) is 14.0. The molecular formula is C15H25N3O. The van der Waals surface area contributed by atoms with Gasteiger partial charge in [-0.05, 0) is 46.1 Å². The highest BCUT2D eigenvalue weighted by Gasteiger charge is 2.28. The number of nitrogens with two attached hydrogens (primary N) is 1. The Morgan fingerprint density at radius 2 is 2.16 bits per heavy atom. The van der Waals surface area contributed by atoms with Gasteiger partial charge < -0.3 is 15.2 Å². The molecule has 0 aromatic carbocycles. The molecule has 106 valence electrons. The van der Waals surface area contributed by atoms with Crippen LogP contribution in [0.15, 0.2) is 6.07 Å². The van der Waals surface area contributed by atoms with Gasteiger partial charge >= 0.3 is 0 Å². The lowest BCUT2D eigenvalue weighted by Gasteiger charge is -2.35. The number of carbonyl (C=O) groups is 1. The Labute approximate surface area is 115 Å². The van der Waals surface area contributed by atoms with Crippen LogP contribution in [0.25, 0.3) is 0 Å².